The van der Waals surface area contributed by atoms with E-state index in [9.17, 15) is 4.79 Å². The number of amides is 1. The Kier molecular flexibility index (Phi) is 4.61. The highest BCUT2D eigenvalue weighted by Gasteiger charge is 2.26. The summed E-state index contributed by atoms with van der Waals surface area (Å²) in [6, 6.07) is 7.22. The van der Waals surface area contributed by atoms with E-state index in [2.05, 4.69) is 17.6 Å². The summed E-state index contributed by atoms with van der Waals surface area (Å²) in [7, 11) is 0. The molecule has 98 valence electrons. The van der Waals surface area contributed by atoms with E-state index in [1.807, 2.05) is 18.2 Å². The number of benzene rings is 1. The van der Waals surface area contributed by atoms with Gasteiger partial charge in [0.1, 0.15) is 0 Å². The van der Waals surface area contributed by atoms with Crippen LogP contribution in [0, 0.1) is 5.92 Å². The molecule has 2 atom stereocenters. The normalized spacial score (nSPS) is 23.7. The number of rotatable bonds is 3. The first-order chi connectivity index (χ1) is 8.70. The fraction of sp³-hybridized carbons (Fsp3) is 0.500. The van der Waals surface area contributed by atoms with E-state index in [1.165, 1.54) is 0 Å². The summed E-state index contributed by atoms with van der Waals surface area (Å²) < 4.78 is 0. The monoisotopic (exact) mass is 266 g/mol. The van der Waals surface area contributed by atoms with E-state index in [1.54, 1.807) is 6.07 Å². The summed E-state index contributed by atoms with van der Waals surface area (Å²) in [6.07, 6.45) is 3.21. The molecule has 1 heterocycles. The number of piperidine rings is 1. The van der Waals surface area contributed by atoms with Gasteiger partial charge in [-0.25, -0.2) is 0 Å². The molecule has 0 saturated carbocycles. The van der Waals surface area contributed by atoms with E-state index >= 15 is 0 Å². The number of halogens is 1. The molecule has 3 nitrogen and oxygen atoms in total. The lowest BCUT2D eigenvalue weighted by Gasteiger charge is -2.28. The van der Waals surface area contributed by atoms with Gasteiger partial charge in [0.25, 0.3) is 0 Å². The van der Waals surface area contributed by atoms with Crippen molar-refractivity contribution >= 4 is 23.2 Å². The Hall–Kier alpha value is -1.06. The van der Waals surface area contributed by atoms with E-state index in [-0.39, 0.29) is 11.9 Å². The molecule has 0 aromatic heterocycles. The van der Waals surface area contributed by atoms with E-state index in [0.29, 0.717) is 16.6 Å². The van der Waals surface area contributed by atoms with Crippen molar-refractivity contribution < 1.29 is 4.79 Å². The minimum Gasteiger partial charge on any atom is -0.323 e. The van der Waals surface area contributed by atoms with Crippen molar-refractivity contribution in [3.05, 3.63) is 29.3 Å². The van der Waals surface area contributed by atoms with Crippen molar-refractivity contribution in [2.45, 2.75) is 32.2 Å². The Morgan fingerprint density at radius 2 is 2.28 bits per heavy atom. The highest BCUT2D eigenvalue weighted by atomic mass is 35.5. The molecule has 1 aliphatic heterocycles. The molecule has 2 N–H and O–H groups in total. The molecule has 0 aliphatic carbocycles. The van der Waals surface area contributed by atoms with Gasteiger partial charge in [0, 0.05) is 0 Å². The number of carbonyl (C=O) groups is 1. The van der Waals surface area contributed by atoms with Gasteiger partial charge in [-0.05, 0) is 37.4 Å². The summed E-state index contributed by atoms with van der Waals surface area (Å²) in [5.41, 5.74) is 0.685. The molecule has 0 radical (unpaired) electrons. The van der Waals surface area contributed by atoms with Crippen LogP contribution < -0.4 is 10.6 Å². The fourth-order valence-electron chi connectivity index (χ4n) is 2.35. The first-order valence-corrected chi connectivity index (χ1v) is 6.87. The molecule has 0 spiro atoms. The molecule has 1 fully saturated rings. The molecule has 1 aromatic rings. The van der Waals surface area contributed by atoms with Gasteiger partial charge in [0.15, 0.2) is 0 Å². The van der Waals surface area contributed by atoms with Gasteiger partial charge in [0.05, 0.1) is 16.8 Å². The highest BCUT2D eigenvalue weighted by Crippen LogP contribution is 2.23. The van der Waals surface area contributed by atoms with Crippen LogP contribution >= 0.6 is 11.6 Å². The summed E-state index contributed by atoms with van der Waals surface area (Å²) >= 11 is 6.03. The molecule has 1 amide bonds. The standard InChI is InChI=1S/C14H19ClN2O/c1-2-10-7-8-16-13(9-10)14(18)17-12-6-4-3-5-11(12)15/h3-6,10,13,16H,2,7-9H2,1H3,(H,17,18). The quantitative estimate of drug-likeness (QED) is 0.883. The molecular formula is C14H19ClN2O. The number of hydrogen-bond donors (Lipinski definition) is 2. The van der Waals surface area contributed by atoms with Crippen LogP contribution in [0.5, 0.6) is 0 Å². The van der Waals surface area contributed by atoms with Crippen molar-refractivity contribution in [2.24, 2.45) is 5.92 Å². The Morgan fingerprint density at radius 3 is 3.00 bits per heavy atom. The van der Waals surface area contributed by atoms with Crippen LogP contribution in [0.3, 0.4) is 0 Å². The molecule has 2 unspecified atom stereocenters. The van der Waals surface area contributed by atoms with E-state index in [4.69, 9.17) is 11.6 Å². The lowest BCUT2D eigenvalue weighted by molar-refractivity contribution is -0.119. The Bertz CT molecular complexity index is 422. The van der Waals surface area contributed by atoms with E-state index < -0.39 is 0 Å². The van der Waals surface area contributed by atoms with Gasteiger partial charge >= 0.3 is 0 Å². The number of anilines is 1. The summed E-state index contributed by atoms with van der Waals surface area (Å²) in [5, 5.41) is 6.74. The largest absolute Gasteiger partial charge is 0.323 e. The van der Waals surface area contributed by atoms with Crippen LogP contribution in [-0.4, -0.2) is 18.5 Å². The average Bonchev–Trinajstić information content (AvgIpc) is 2.41. The van der Waals surface area contributed by atoms with Gasteiger partial charge in [0.2, 0.25) is 5.91 Å². The third-order valence-corrected chi connectivity index (χ3v) is 3.87. The maximum Gasteiger partial charge on any atom is 0.241 e. The van der Waals surface area contributed by atoms with E-state index in [0.717, 1.165) is 25.8 Å². The topological polar surface area (TPSA) is 41.1 Å². The van der Waals surface area contributed by atoms with Crippen LogP contribution in [0.15, 0.2) is 24.3 Å². The van der Waals surface area contributed by atoms with Crippen molar-refractivity contribution in [1.82, 2.24) is 5.32 Å². The van der Waals surface area contributed by atoms with Crippen molar-refractivity contribution in [3.8, 4) is 0 Å². The zero-order valence-electron chi connectivity index (χ0n) is 10.6. The van der Waals surface area contributed by atoms with Gasteiger partial charge in [-0.3, -0.25) is 4.79 Å². The van der Waals surface area contributed by atoms with Crippen LogP contribution in [0.2, 0.25) is 5.02 Å². The second-order valence-corrected chi connectivity index (χ2v) is 5.18. The van der Waals surface area contributed by atoms with Crippen LogP contribution in [-0.2, 0) is 4.79 Å². The predicted octanol–water partition coefficient (Wildman–Crippen LogP) is 3.06. The van der Waals surface area contributed by atoms with Gasteiger partial charge < -0.3 is 10.6 Å². The predicted molar refractivity (Wildman–Crippen MR) is 74.9 cm³/mol. The summed E-state index contributed by atoms with van der Waals surface area (Å²) in [5.74, 6) is 0.662. The third-order valence-electron chi connectivity index (χ3n) is 3.54. The second-order valence-electron chi connectivity index (χ2n) is 4.77. The van der Waals surface area contributed by atoms with Crippen LogP contribution in [0.1, 0.15) is 26.2 Å². The lowest BCUT2D eigenvalue weighted by Crippen LogP contribution is -2.46. The molecule has 2 rings (SSSR count). The minimum absolute atomic E-state index is 0.0150. The number of hydrogen-bond acceptors (Lipinski definition) is 2. The number of carbonyl (C=O) groups excluding carboxylic acids is 1. The first kappa shape index (κ1) is 13.4. The number of nitrogens with one attached hydrogen (secondary N) is 2. The average molecular weight is 267 g/mol. The maximum atomic E-state index is 12.1. The minimum atomic E-state index is -0.0972. The van der Waals surface area contributed by atoms with Crippen LogP contribution in [0.4, 0.5) is 5.69 Å². The van der Waals surface area contributed by atoms with Crippen molar-refractivity contribution in [3.63, 3.8) is 0 Å². The molecule has 1 aromatic carbocycles. The van der Waals surface area contributed by atoms with Gasteiger partial charge in [-0.15, -0.1) is 0 Å². The third kappa shape index (κ3) is 3.24. The Morgan fingerprint density at radius 1 is 1.50 bits per heavy atom. The molecule has 1 saturated heterocycles. The molecule has 1 aliphatic rings. The first-order valence-electron chi connectivity index (χ1n) is 6.49. The van der Waals surface area contributed by atoms with Crippen molar-refractivity contribution in [1.29, 1.82) is 0 Å². The fourth-order valence-corrected chi connectivity index (χ4v) is 2.53. The zero-order valence-corrected chi connectivity index (χ0v) is 11.3. The highest BCUT2D eigenvalue weighted by molar-refractivity contribution is 6.33. The van der Waals surface area contributed by atoms with Crippen LogP contribution in [0.25, 0.3) is 0 Å². The molecule has 18 heavy (non-hydrogen) atoms. The summed E-state index contributed by atoms with van der Waals surface area (Å²) in [4.78, 5) is 12.1. The maximum absolute atomic E-state index is 12.1. The van der Waals surface area contributed by atoms with Crippen molar-refractivity contribution in [2.75, 3.05) is 11.9 Å². The number of para-hydroxylation sites is 1. The Balaban J connectivity index is 1.97. The molecule has 4 heteroatoms. The SMILES string of the molecule is CCC1CCNC(C(=O)Nc2ccccc2Cl)C1. The zero-order chi connectivity index (χ0) is 13.0. The smallest absolute Gasteiger partial charge is 0.241 e. The molecule has 0 bridgehead atoms. The van der Waals surface area contributed by atoms with Gasteiger partial charge in [-0.2, -0.15) is 0 Å². The second kappa shape index (κ2) is 6.21. The van der Waals surface area contributed by atoms with Gasteiger partial charge in [-0.1, -0.05) is 37.1 Å². The molecular weight excluding hydrogens is 248 g/mol. The lowest BCUT2D eigenvalue weighted by atomic mass is 9.90. The summed E-state index contributed by atoms with van der Waals surface area (Å²) in [6.45, 7) is 3.10. The Labute approximate surface area is 113 Å².